The summed E-state index contributed by atoms with van der Waals surface area (Å²) in [4.78, 5) is 13.6. The van der Waals surface area contributed by atoms with E-state index in [1.807, 2.05) is 4.90 Å². The SMILES string of the molecule is CCCN(CCC)C(=O)CCCOC. The second kappa shape index (κ2) is 9.00. The smallest absolute Gasteiger partial charge is 0.222 e. The molecule has 0 aromatic carbocycles. The van der Waals surface area contributed by atoms with Crippen LogP contribution in [0.4, 0.5) is 0 Å². The number of carbonyl (C=O) groups is 1. The number of rotatable bonds is 8. The molecule has 0 N–H and O–H groups in total. The molecule has 0 aromatic heterocycles. The maximum atomic E-state index is 11.7. The van der Waals surface area contributed by atoms with Crippen LogP contribution < -0.4 is 0 Å². The van der Waals surface area contributed by atoms with E-state index in [-0.39, 0.29) is 5.91 Å². The number of hydrogen-bond donors (Lipinski definition) is 0. The average molecular weight is 201 g/mol. The predicted molar refractivity (Wildman–Crippen MR) is 58.3 cm³/mol. The summed E-state index contributed by atoms with van der Waals surface area (Å²) in [6, 6.07) is 0. The van der Waals surface area contributed by atoms with Gasteiger partial charge in [-0.15, -0.1) is 0 Å². The quantitative estimate of drug-likeness (QED) is 0.563. The fraction of sp³-hybridized carbons (Fsp3) is 0.909. The summed E-state index contributed by atoms with van der Waals surface area (Å²) in [5.41, 5.74) is 0. The zero-order valence-corrected chi connectivity index (χ0v) is 9.71. The van der Waals surface area contributed by atoms with Gasteiger partial charge in [0.15, 0.2) is 0 Å². The highest BCUT2D eigenvalue weighted by Gasteiger charge is 2.10. The van der Waals surface area contributed by atoms with Crippen molar-refractivity contribution in [1.82, 2.24) is 4.90 Å². The lowest BCUT2D eigenvalue weighted by Crippen LogP contribution is -2.32. The summed E-state index contributed by atoms with van der Waals surface area (Å²) in [6.45, 7) is 6.66. The highest BCUT2D eigenvalue weighted by molar-refractivity contribution is 5.76. The topological polar surface area (TPSA) is 29.5 Å². The van der Waals surface area contributed by atoms with E-state index >= 15 is 0 Å². The first kappa shape index (κ1) is 13.4. The Morgan fingerprint density at radius 3 is 2.21 bits per heavy atom. The summed E-state index contributed by atoms with van der Waals surface area (Å²) < 4.78 is 4.92. The van der Waals surface area contributed by atoms with Crippen LogP contribution in [0.3, 0.4) is 0 Å². The maximum absolute atomic E-state index is 11.7. The molecule has 84 valence electrons. The van der Waals surface area contributed by atoms with Gasteiger partial charge in [0.25, 0.3) is 0 Å². The lowest BCUT2D eigenvalue weighted by atomic mass is 10.2. The molecule has 0 spiro atoms. The molecule has 0 fully saturated rings. The van der Waals surface area contributed by atoms with Crippen LogP contribution in [0.25, 0.3) is 0 Å². The lowest BCUT2D eigenvalue weighted by Gasteiger charge is -2.21. The summed E-state index contributed by atoms with van der Waals surface area (Å²) in [5.74, 6) is 0.269. The van der Waals surface area contributed by atoms with E-state index in [9.17, 15) is 4.79 Å². The van der Waals surface area contributed by atoms with E-state index in [1.54, 1.807) is 7.11 Å². The van der Waals surface area contributed by atoms with Crippen LogP contribution in [-0.4, -0.2) is 37.6 Å². The molecule has 1 amide bonds. The molecular weight excluding hydrogens is 178 g/mol. The van der Waals surface area contributed by atoms with Gasteiger partial charge < -0.3 is 9.64 Å². The van der Waals surface area contributed by atoms with Gasteiger partial charge in [-0.3, -0.25) is 4.79 Å². The van der Waals surface area contributed by atoms with E-state index in [2.05, 4.69) is 13.8 Å². The molecule has 0 radical (unpaired) electrons. The monoisotopic (exact) mass is 201 g/mol. The minimum absolute atomic E-state index is 0.269. The summed E-state index contributed by atoms with van der Waals surface area (Å²) in [5, 5.41) is 0. The first-order valence-corrected chi connectivity index (χ1v) is 5.52. The minimum Gasteiger partial charge on any atom is -0.385 e. The largest absolute Gasteiger partial charge is 0.385 e. The average Bonchev–Trinajstić information content (AvgIpc) is 2.18. The molecule has 0 aliphatic carbocycles. The molecule has 14 heavy (non-hydrogen) atoms. The van der Waals surface area contributed by atoms with Crippen molar-refractivity contribution in [3.63, 3.8) is 0 Å². The minimum atomic E-state index is 0.269. The third-order valence-electron chi connectivity index (χ3n) is 2.08. The summed E-state index contributed by atoms with van der Waals surface area (Å²) >= 11 is 0. The molecule has 0 rings (SSSR count). The molecule has 0 saturated heterocycles. The van der Waals surface area contributed by atoms with Crippen LogP contribution in [0.15, 0.2) is 0 Å². The van der Waals surface area contributed by atoms with Gasteiger partial charge in [0.1, 0.15) is 0 Å². The zero-order chi connectivity index (χ0) is 10.8. The Kier molecular flexibility index (Phi) is 8.64. The van der Waals surface area contributed by atoms with Gasteiger partial charge >= 0.3 is 0 Å². The number of methoxy groups -OCH3 is 1. The Morgan fingerprint density at radius 2 is 1.79 bits per heavy atom. The number of amides is 1. The van der Waals surface area contributed by atoms with Crippen molar-refractivity contribution < 1.29 is 9.53 Å². The normalized spacial score (nSPS) is 10.2. The van der Waals surface area contributed by atoms with Crippen molar-refractivity contribution >= 4 is 5.91 Å². The number of hydrogen-bond acceptors (Lipinski definition) is 2. The molecule has 0 bridgehead atoms. The second-order valence-electron chi connectivity index (χ2n) is 3.48. The molecular formula is C11H23NO2. The molecule has 0 aromatic rings. The van der Waals surface area contributed by atoms with Gasteiger partial charge in [0.05, 0.1) is 0 Å². The molecule has 0 aliphatic rings. The Labute approximate surface area is 87.4 Å². The first-order valence-electron chi connectivity index (χ1n) is 5.52. The van der Waals surface area contributed by atoms with E-state index in [0.29, 0.717) is 13.0 Å². The van der Waals surface area contributed by atoms with Crippen molar-refractivity contribution in [1.29, 1.82) is 0 Å². The third-order valence-corrected chi connectivity index (χ3v) is 2.08. The molecule has 0 heterocycles. The van der Waals surface area contributed by atoms with Crippen LogP contribution in [-0.2, 0) is 9.53 Å². The summed E-state index contributed by atoms with van der Waals surface area (Å²) in [7, 11) is 1.67. The molecule has 0 aliphatic heterocycles. The molecule has 0 unspecified atom stereocenters. The molecule has 0 saturated carbocycles. The van der Waals surface area contributed by atoms with Gasteiger partial charge in [-0.05, 0) is 19.3 Å². The van der Waals surface area contributed by atoms with Crippen molar-refractivity contribution in [2.24, 2.45) is 0 Å². The van der Waals surface area contributed by atoms with Crippen molar-refractivity contribution in [2.75, 3.05) is 26.8 Å². The first-order chi connectivity index (χ1) is 6.76. The maximum Gasteiger partial charge on any atom is 0.222 e. The zero-order valence-electron chi connectivity index (χ0n) is 9.71. The number of ether oxygens (including phenoxy) is 1. The van der Waals surface area contributed by atoms with E-state index in [0.717, 1.165) is 32.4 Å². The van der Waals surface area contributed by atoms with Crippen molar-refractivity contribution in [2.45, 2.75) is 39.5 Å². The Hall–Kier alpha value is -0.570. The van der Waals surface area contributed by atoms with Crippen LogP contribution >= 0.6 is 0 Å². The Bertz CT molecular complexity index is 142. The molecule has 0 atom stereocenters. The molecule has 3 nitrogen and oxygen atoms in total. The summed E-state index contributed by atoms with van der Waals surface area (Å²) in [6.07, 6.45) is 3.53. The second-order valence-corrected chi connectivity index (χ2v) is 3.48. The van der Waals surface area contributed by atoms with Crippen LogP contribution in [0, 0.1) is 0 Å². The van der Waals surface area contributed by atoms with Gasteiger partial charge in [0, 0.05) is 33.2 Å². The van der Waals surface area contributed by atoms with Crippen molar-refractivity contribution in [3.05, 3.63) is 0 Å². The van der Waals surface area contributed by atoms with Crippen LogP contribution in [0.2, 0.25) is 0 Å². The third kappa shape index (κ3) is 5.97. The van der Waals surface area contributed by atoms with E-state index in [1.165, 1.54) is 0 Å². The van der Waals surface area contributed by atoms with E-state index < -0.39 is 0 Å². The highest BCUT2D eigenvalue weighted by Crippen LogP contribution is 2.01. The van der Waals surface area contributed by atoms with Gasteiger partial charge in [-0.1, -0.05) is 13.8 Å². The lowest BCUT2D eigenvalue weighted by molar-refractivity contribution is -0.131. The van der Waals surface area contributed by atoms with Gasteiger partial charge in [0.2, 0.25) is 5.91 Å². The van der Waals surface area contributed by atoms with Crippen LogP contribution in [0.5, 0.6) is 0 Å². The van der Waals surface area contributed by atoms with Gasteiger partial charge in [-0.2, -0.15) is 0 Å². The van der Waals surface area contributed by atoms with Crippen LogP contribution in [0.1, 0.15) is 39.5 Å². The fourth-order valence-electron chi connectivity index (χ4n) is 1.43. The Morgan fingerprint density at radius 1 is 1.21 bits per heavy atom. The number of carbonyl (C=O) groups excluding carboxylic acids is 1. The number of nitrogens with zero attached hydrogens (tertiary/aromatic N) is 1. The standard InChI is InChI=1S/C11H23NO2/c1-4-8-12(9-5-2)11(13)7-6-10-14-3/h4-10H2,1-3H3. The highest BCUT2D eigenvalue weighted by atomic mass is 16.5. The molecule has 3 heteroatoms. The predicted octanol–water partition coefficient (Wildman–Crippen LogP) is 2.06. The van der Waals surface area contributed by atoms with Crippen molar-refractivity contribution in [3.8, 4) is 0 Å². The fourth-order valence-corrected chi connectivity index (χ4v) is 1.43. The van der Waals surface area contributed by atoms with E-state index in [4.69, 9.17) is 4.74 Å². The Balaban J connectivity index is 3.76. The van der Waals surface area contributed by atoms with Gasteiger partial charge in [-0.25, -0.2) is 0 Å².